The van der Waals surface area contributed by atoms with Crippen LogP contribution in [0.4, 0.5) is 4.39 Å². The zero-order valence-electron chi connectivity index (χ0n) is 14.0. The number of hydrogen-bond acceptors (Lipinski definition) is 4. The summed E-state index contributed by atoms with van der Waals surface area (Å²) >= 11 is 0. The van der Waals surface area contributed by atoms with Crippen LogP contribution in [0, 0.1) is 5.82 Å². The van der Waals surface area contributed by atoms with Crippen LogP contribution < -0.4 is 5.32 Å². The van der Waals surface area contributed by atoms with Crippen LogP contribution in [0.1, 0.15) is 35.7 Å². The van der Waals surface area contributed by atoms with Gasteiger partial charge in [0.05, 0.1) is 6.42 Å². The number of amides is 1. The number of halogens is 1. The van der Waals surface area contributed by atoms with Gasteiger partial charge in [-0.25, -0.2) is 4.39 Å². The molecule has 1 N–H and O–H groups in total. The molecule has 0 bridgehead atoms. The number of carbonyl (C=O) groups excluding carboxylic acids is 1. The van der Waals surface area contributed by atoms with Crippen LogP contribution in [0.3, 0.4) is 0 Å². The third-order valence-corrected chi connectivity index (χ3v) is 3.54. The van der Waals surface area contributed by atoms with Crippen LogP contribution >= 0.6 is 0 Å². The second-order valence-electron chi connectivity index (χ2n) is 6.02. The number of carbonyl (C=O) groups is 1. The summed E-state index contributed by atoms with van der Waals surface area (Å²) in [6, 6.07) is 13.3. The molecule has 2 aromatic carbocycles. The Morgan fingerprint density at radius 1 is 1.20 bits per heavy atom. The molecule has 0 saturated heterocycles. The van der Waals surface area contributed by atoms with E-state index in [9.17, 15) is 9.18 Å². The molecule has 1 amide bonds. The molecule has 0 saturated carbocycles. The molecule has 0 spiro atoms. The van der Waals surface area contributed by atoms with Crippen LogP contribution in [0.2, 0.25) is 0 Å². The molecule has 1 aromatic heterocycles. The second kappa shape index (κ2) is 7.25. The van der Waals surface area contributed by atoms with Gasteiger partial charge in [0, 0.05) is 17.2 Å². The second-order valence-corrected chi connectivity index (χ2v) is 6.02. The Kier molecular flexibility index (Phi) is 4.88. The molecule has 3 rings (SSSR count). The van der Waals surface area contributed by atoms with E-state index in [2.05, 4.69) is 15.5 Å². The Morgan fingerprint density at radius 2 is 1.96 bits per heavy atom. The maximum absolute atomic E-state index is 12.9. The Bertz CT molecular complexity index is 872. The standard InChI is InChI=1S/C19H18FN3O2/c1-12(2)21-19(24)15-5-3-4-14(11-15)18-22-17(25-23-18)10-13-6-8-16(20)9-7-13/h3-9,11-12H,10H2,1-2H3,(H,21,24). The van der Waals surface area contributed by atoms with Gasteiger partial charge in [-0.3, -0.25) is 4.79 Å². The van der Waals surface area contributed by atoms with Gasteiger partial charge in [-0.1, -0.05) is 29.4 Å². The van der Waals surface area contributed by atoms with Crippen molar-refractivity contribution in [3.8, 4) is 11.4 Å². The molecule has 6 heteroatoms. The number of aromatic nitrogens is 2. The topological polar surface area (TPSA) is 68.0 Å². The highest BCUT2D eigenvalue weighted by atomic mass is 19.1. The predicted octanol–water partition coefficient (Wildman–Crippen LogP) is 3.60. The Balaban J connectivity index is 1.78. The van der Waals surface area contributed by atoms with E-state index in [-0.39, 0.29) is 17.8 Å². The van der Waals surface area contributed by atoms with Crippen molar-refractivity contribution >= 4 is 5.91 Å². The summed E-state index contributed by atoms with van der Waals surface area (Å²) in [6.45, 7) is 3.81. The minimum absolute atomic E-state index is 0.0589. The molecule has 0 fully saturated rings. The third-order valence-electron chi connectivity index (χ3n) is 3.54. The Morgan fingerprint density at radius 3 is 2.68 bits per heavy atom. The average molecular weight is 339 g/mol. The normalized spacial score (nSPS) is 10.9. The van der Waals surface area contributed by atoms with Gasteiger partial charge in [0.25, 0.3) is 5.91 Å². The summed E-state index contributed by atoms with van der Waals surface area (Å²) in [5.41, 5.74) is 2.11. The van der Waals surface area contributed by atoms with Crippen molar-refractivity contribution in [2.45, 2.75) is 26.3 Å². The van der Waals surface area contributed by atoms with Gasteiger partial charge < -0.3 is 9.84 Å². The first-order chi connectivity index (χ1) is 12.0. The molecule has 0 radical (unpaired) electrons. The van der Waals surface area contributed by atoms with E-state index >= 15 is 0 Å². The molecule has 128 valence electrons. The molecule has 0 aliphatic rings. The van der Waals surface area contributed by atoms with Gasteiger partial charge in [0.1, 0.15) is 5.82 Å². The monoisotopic (exact) mass is 339 g/mol. The van der Waals surface area contributed by atoms with Crippen LogP contribution in [-0.4, -0.2) is 22.1 Å². The average Bonchev–Trinajstić information content (AvgIpc) is 3.05. The molecule has 0 atom stereocenters. The summed E-state index contributed by atoms with van der Waals surface area (Å²) in [5.74, 6) is 0.410. The van der Waals surface area contributed by atoms with Gasteiger partial charge in [-0.2, -0.15) is 4.98 Å². The van der Waals surface area contributed by atoms with Gasteiger partial charge >= 0.3 is 0 Å². The SMILES string of the molecule is CC(C)NC(=O)c1cccc(-c2noc(Cc3ccc(F)cc3)n2)c1. The molecule has 25 heavy (non-hydrogen) atoms. The fourth-order valence-corrected chi connectivity index (χ4v) is 2.37. The van der Waals surface area contributed by atoms with Crippen LogP contribution in [0.15, 0.2) is 53.1 Å². The number of nitrogens with zero attached hydrogens (tertiary/aromatic N) is 2. The fraction of sp³-hybridized carbons (Fsp3) is 0.211. The maximum Gasteiger partial charge on any atom is 0.251 e. The zero-order chi connectivity index (χ0) is 17.8. The largest absolute Gasteiger partial charge is 0.350 e. The molecule has 1 heterocycles. The lowest BCUT2D eigenvalue weighted by atomic mass is 10.1. The van der Waals surface area contributed by atoms with Crippen molar-refractivity contribution in [3.63, 3.8) is 0 Å². The predicted molar refractivity (Wildman–Crippen MR) is 91.5 cm³/mol. The lowest BCUT2D eigenvalue weighted by Crippen LogP contribution is -2.30. The quantitative estimate of drug-likeness (QED) is 0.771. The highest BCUT2D eigenvalue weighted by molar-refractivity contribution is 5.95. The van der Waals surface area contributed by atoms with Crippen LogP contribution in [-0.2, 0) is 6.42 Å². The lowest BCUT2D eigenvalue weighted by molar-refractivity contribution is 0.0943. The van der Waals surface area contributed by atoms with Crippen LogP contribution in [0.5, 0.6) is 0 Å². The van der Waals surface area contributed by atoms with Gasteiger partial charge in [0.2, 0.25) is 11.7 Å². The molecule has 0 unspecified atom stereocenters. The smallest absolute Gasteiger partial charge is 0.251 e. The zero-order valence-corrected chi connectivity index (χ0v) is 14.0. The Hall–Kier alpha value is -3.02. The molecule has 3 aromatic rings. The number of hydrogen-bond donors (Lipinski definition) is 1. The number of nitrogens with one attached hydrogen (secondary N) is 1. The third kappa shape index (κ3) is 4.29. The van der Waals surface area contributed by atoms with Crippen LogP contribution in [0.25, 0.3) is 11.4 Å². The van der Waals surface area contributed by atoms with Crippen molar-refractivity contribution < 1.29 is 13.7 Å². The molecule has 5 nitrogen and oxygen atoms in total. The first kappa shape index (κ1) is 16.8. The molecular weight excluding hydrogens is 321 g/mol. The van der Waals surface area contributed by atoms with E-state index in [1.807, 2.05) is 19.9 Å². The summed E-state index contributed by atoms with van der Waals surface area (Å²) in [7, 11) is 0. The van der Waals surface area contributed by atoms with E-state index < -0.39 is 0 Å². The minimum Gasteiger partial charge on any atom is -0.350 e. The highest BCUT2D eigenvalue weighted by Crippen LogP contribution is 2.19. The molecule has 0 aliphatic heterocycles. The summed E-state index contributed by atoms with van der Waals surface area (Å²) in [6.07, 6.45) is 0.417. The lowest BCUT2D eigenvalue weighted by Gasteiger charge is -2.08. The first-order valence-electron chi connectivity index (χ1n) is 7.99. The van der Waals surface area contributed by atoms with E-state index in [1.165, 1.54) is 12.1 Å². The summed E-state index contributed by atoms with van der Waals surface area (Å²) in [5, 5.41) is 6.82. The van der Waals surface area contributed by atoms with Crippen molar-refractivity contribution in [2.75, 3.05) is 0 Å². The van der Waals surface area contributed by atoms with Crippen molar-refractivity contribution in [2.24, 2.45) is 0 Å². The van der Waals surface area contributed by atoms with Gasteiger partial charge in [0.15, 0.2) is 0 Å². The molecule has 0 aliphatic carbocycles. The minimum atomic E-state index is -0.286. The van der Waals surface area contributed by atoms with E-state index in [4.69, 9.17) is 4.52 Å². The van der Waals surface area contributed by atoms with Crippen molar-refractivity contribution in [3.05, 3.63) is 71.4 Å². The van der Waals surface area contributed by atoms with Crippen molar-refractivity contribution in [1.29, 1.82) is 0 Å². The molecular formula is C19H18FN3O2. The highest BCUT2D eigenvalue weighted by Gasteiger charge is 2.12. The van der Waals surface area contributed by atoms with E-state index in [0.29, 0.717) is 29.3 Å². The van der Waals surface area contributed by atoms with E-state index in [1.54, 1.807) is 30.3 Å². The first-order valence-corrected chi connectivity index (χ1v) is 7.99. The summed E-state index contributed by atoms with van der Waals surface area (Å²) < 4.78 is 18.2. The Labute approximate surface area is 144 Å². The van der Waals surface area contributed by atoms with Gasteiger partial charge in [-0.15, -0.1) is 0 Å². The fourth-order valence-electron chi connectivity index (χ4n) is 2.37. The summed E-state index contributed by atoms with van der Waals surface area (Å²) in [4.78, 5) is 16.5. The number of rotatable bonds is 5. The van der Waals surface area contributed by atoms with E-state index in [0.717, 1.165) is 5.56 Å². The number of benzene rings is 2. The maximum atomic E-state index is 12.9. The van der Waals surface area contributed by atoms with Gasteiger partial charge in [-0.05, 0) is 43.7 Å². The van der Waals surface area contributed by atoms with Crippen molar-refractivity contribution in [1.82, 2.24) is 15.5 Å².